The Bertz CT molecular complexity index is 1150. The van der Waals surface area contributed by atoms with Crippen molar-refractivity contribution in [1.29, 1.82) is 0 Å². The van der Waals surface area contributed by atoms with Gasteiger partial charge >= 0.3 is 0 Å². The highest BCUT2D eigenvalue weighted by Gasteiger charge is 2.22. The number of benzene rings is 1. The average Bonchev–Trinajstić information content (AvgIpc) is 2.85. The van der Waals surface area contributed by atoms with E-state index in [1.54, 1.807) is 19.3 Å². The molecule has 164 valence electrons. The van der Waals surface area contributed by atoms with Crippen molar-refractivity contribution in [2.24, 2.45) is 0 Å². The summed E-state index contributed by atoms with van der Waals surface area (Å²) >= 11 is 0. The number of piperidine rings is 1. The lowest BCUT2D eigenvalue weighted by Gasteiger charge is -2.31. The Labute approximate surface area is 187 Å². The van der Waals surface area contributed by atoms with E-state index in [9.17, 15) is 4.79 Å². The highest BCUT2D eigenvalue weighted by Crippen LogP contribution is 2.32. The molecular formula is C25H26N4O3. The third kappa shape index (κ3) is 4.34. The molecule has 3 aromatic rings. The van der Waals surface area contributed by atoms with Gasteiger partial charge in [-0.05, 0) is 42.9 Å². The van der Waals surface area contributed by atoms with E-state index in [0.717, 1.165) is 54.9 Å². The molecule has 32 heavy (non-hydrogen) atoms. The van der Waals surface area contributed by atoms with Crippen LogP contribution in [0.4, 0.5) is 0 Å². The molecule has 0 saturated carbocycles. The van der Waals surface area contributed by atoms with Gasteiger partial charge in [0, 0.05) is 38.0 Å². The molecule has 1 saturated heterocycles. The Morgan fingerprint density at radius 1 is 1.12 bits per heavy atom. The Morgan fingerprint density at radius 3 is 2.62 bits per heavy atom. The molecule has 0 aliphatic carbocycles. The molecule has 0 atom stereocenters. The number of likely N-dealkylation sites (tertiary alicyclic amines) is 1. The average molecular weight is 431 g/mol. The molecule has 4 heterocycles. The fourth-order valence-electron chi connectivity index (χ4n) is 4.35. The topological polar surface area (TPSA) is 77.4 Å². The summed E-state index contributed by atoms with van der Waals surface area (Å²) in [5.41, 5.74) is 4.48. The van der Waals surface area contributed by atoms with Gasteiger partial charge in [0.05, 0.1) is 17.8 Å². The number of hydrogen-bond donors (Lipinski definition) is 0. The van der Waals surface area contributed by atoms with Gasteiger partial charge in [0.15, 0.2) is 5.52 Å². The summed E-state index contributed by atoms with van der Waals surface area (Å²) < 4.78 is 11.6. The number of nitrogens with zero attached hydrogens (tertiary/aromatic N) is 4. The molecule has 1 aromatic carbocycles. The lowest BCUT2D eigenvalue weighted by molar-refractivity contribution is -0.129. The Hall–Kier alpha value is -3.32. The maximum atomic E-state index is 11.6. The zero-order valence-corrected chi connectivity index (χ0v) is 18.2. The first-order valence-electron chi connectivity index (χ1n) is 11.1. The van der Waals surface area contributed by atoms with E-state index in [1.807, 2.05) is 17.0 Å². The maximum Gasteiger partial charge on any atom is 0.248 e. The Balaban J connectivity index is 1.40. The summed E-state index contributed by atoms with van der Waals surface area (Å²) in [6.07, 6.45) is 8.18. The van der Waals surface area contributed by atoms with Crippen LogP contribution in [-0.2, 0) is 9.53 Å². The van der Waals surface area contributed by atoms with Crippen LogP contribution in [0.1, 0.15) is 37.7 Å². The van der Waals surface area contributed by atoms with Crippen LogP contribution in [0.25, 0.3) is 22.3 Å². The summed E-state index contributed by atoms with van der Waals surface area (Å²) in [6.45, 7) is 4.44. The van der Waals surface area contributed by atoms with Gasteiger partial charge in [-0.1, -0.05) is 24.3 Å². The molecule has 5 rings (SSSR count). The minimum atomic E-state index is 0.165. The van der Waals surface area contributed by atoms with Crippen molar-refractivity contribution in [2.45, 2.75) is 32.1 Å². The highest BCUT2D eigenvalue weighted by molar-refractivity contribution is 5.83. The first kappa shape index (κ1) is 20.6. The Morgan fingerprint density at radius 2 is 1.91 bits per heavy atom. The zero-order chi connectivity index (χ0) is 21.9. The van der Waals surface area contributed by atoms with Crippen molar-refractivity contribution in [3.63, 3.8) is 0 Å². The van der Waals surface area contributed by atoms with Crippen molar-refractivity contribution in [3.8, 4) is 17.1 Å². The number of ether oxygens (including phenoxy) is 2. The molecule has 2 aromatic heterocycles. The van der Waals surface area contributed by atoms with E-state index < -0.39 is 0 Å². The highest BCUT2D eigenvalue weighted by atomic mass is 16.5. The van der Waals surface area contributed by atoms with E-state index in [0.29, 0.717) is 30.5 Å². The Kier molecular flexibility index (Phi) is 5.81. The third-order valence-electron chi connectivity index (χ3n) is 6.15. The minimum Gasteiger partial charge on any atom is -0.439 e. The van der Waals surface area contributed by atoms with Gasteiger partial charge in [-0.15, -0.1) is 0 Å². The summed E-state index contributed by atoms with van der Waals surface area (Å²) in [6, 6.07) is 10.5. The van der Waals surface area contributed by atoms with E-state index >= 15 is 0 Å². The first-order chi connectivity index (χ1) is 15.7. The summed E-state index contributed by atoms with van der Waals surface area (Å²) in [4.78, 5) is 27.2. The van der Waals surface area contributed by atoms with Gasteiger partial charge in [0.1, 0.15) is 12.4 Å². The molecule has 7 nitrogen and oxygen atoms in total. The van der Waals surface area contributed by atoms with Crippen LogP contribution in [0, 0.1) is 0 Å². The maximum absolute atomic E-state index is 11.6. The summed E-state index contributed by atoms with van der Waals surface area (Å²) in [5, 5.41) is 0. The lowest BCUT2D eigenvalue weighted by atomic mass is 9.89. The van der Waals surface area contributed by atoms with Crippen LogP contribution in [0.15, 0.2) is 54.6 Å². The van der Waals surface area contributed by atoms with Gasteiger partial charge in [0.25, 0.3) is 0 Å². The molecular weight excluding hydrogens is 404 g/mol. The fraction of sp³-hybridized carbons (Fsp3) is 0.360. The van der Waals surface area contributed by atoms with E-state index in [-0.39, 0.29) is 5.91 Å². The number of pyridine rings is 1. The zero-order valence-electron chi connectivity index (χ0n) is 18.2. The van der Waals surface area contributed by atoms with Crippen LogP contribution in [-0.4, -0.2) is 52.1 Å². The predicted molar refractivity (Wildman–Crippen MR) is 121 cm³/mol. The van der Waals surface area contributed by atoms with Gasteiger partial charge in [-0.25, -0.2) is 9.97 Å². The normalized spacial score (nSPS) is 17.3. The molecule has 7 heteroatoms. The van der Waals surface area contributed by atoms with Gasteiger partial charge in [-0.2, -0.15) is 0 Å². The number of carbonyl (C=O) groups is 1. The van der Waals surface area contributed by atoms with Gasteiger partial charge < -0.3 is 14.4 Å². The number of carbonyl (C=O) groups excluding carboxylic acids is 1. The second kappa shape index (κ2) is 9.04. The smallest absolute Gasteiger partial charge is 0.248 e. The largest absolute Gasteiger partial charge is 0.439 e. The van der Waals surface area contributed by atoms with Crippen molar-refractivity contribution < 1.29 is 14.3 Å². The molecule has 0 bridgehead atoms. The summed E-state index contributed by atoms with van der Waals surface area (Å²) in [5.74, 6) is 1.84. The monoisotopic (exact) mass is 430 g/mol. The summed E-state index contributed by atoms with van der Waals surface area (Å²) in [7, 11) is 0. The molecule has 2 aliphatic heterocycles. The molecule has 1 fully saturated rings. The number of aromatic nitrogens is 3. The van der Waals surface area contributed by atoms with Crippen LogP contribution in [0.3, 0.4) is 0 Å². The van der Waals surface area contributed by atoms with Crippen LogP contribution in [0.2, 0.25) is 0 Å². The van der Waals surface area contributed by atoms with Crippen molar-refractivity contribution in [3.05, 3.63) is 60.1 Å². The minimum absolute atomic E-state index is 0.165. The second-order valence-corrected chi connectivity index (χ2v) is 8.25. The van der Waals surface area contributed by atoms with Crippen LogP contribution >= 0.6 is 0 Å². The molecule has 0 radical (unpaired) electrons. The van der Waals surface area contributed by atoms with Crippen molar-refractivity contribution in [1.82, 2.24) is 19.9 Å². The number of amides is 1. The van der Waals surface area contributed by atoms with E-state index in [1.165, 1.54) is 5.56 Å². The molecule has 0 N–H and O–H groups in total. The van der Waals surface area contributed by atoms with Crippen molar-refractivity contribution >= 4 is 16.9 Å². The number of rotatable bonds is 4. The number of hydrogen-bond acceptors (Lipinski definition) is 6. The third-order valence-corrected chi connectivity index (χ3v) is 6.15. The van der Waals surface area contributed by atoms with E-state index in [4.69, 9.17) is 14.5 Å². The van der Waals surface area contributed by atoms with Crippen LogP contribution in [0.5, 0.6) is 5.88 Å². The van der Waals surface area contributed by atoms with Gasteiger partial charge in [0.2, 0.25) is 11.8 Å². The van der Waals surface area contributed by atoms with Crippen molar-refractivity contribution in [2.75, 3.05) is 26.3 Å². The number of fused-ring (bicyclic) bond motifs is 1. The molecule has 2 aliphatic rings. The molecule has 0 unspecified atom stereocenters. The standard InChI is InChI=1S/C25H26N4O3/c1-17(30)29-12-8-19(9-13-29)18-4-6-20(7-5-18)22-15-23-24(27-11-10-26-23)25(28-22)32-21-3-2-14-31-16-21/h3-7,10-11,15,19H,2,8-9,12-14,16H2,1H3. The quantitative estimate of drug-likeness (QED) is 0.620. The predicted octanol–water partition coefficient (Wildman–Crippen LogP) is 4.10. The SMILES string of the molecule is CC(=O)N1CCC(c2ccc(-c3cc4nccnc4c(OC4=CCCOC4)n3)cc2)CC1. The van der Waals surface area contributed by atoms with E-state index in [2.05, 4.69) is 34.2 Å². The molecule has 0 spiro atoms. The molecule has 1 amide bonds. The fourth-order valence-corrected chi connectivity index (χ4v) is 4.35. The first-order valence-corrected chi connectivity index (χ1v) is 11.1. The second-order valence-electron chi connectivity index (χ2n) is 8.25. The van der Waals surface area contributed by atoms with Gasteiger partial charge in [-0.3, -0.25) is 9.78 Å². The van der Waals surface area contributed by atoms with Crippen LogP contribution < -0.4 is 4.74 Å². The lowest BCUT2D eigenvalue weighted by Crippen LogP contribution is -2.36.